The Hall–Kier alpha value is -0.240. The van der Waals surface area contributed by atoms with Gasteiger partial charge >= 0.3 is 0 Å². The lowest BCUT2D eigenvalue weighted by molar-refractivity contribution is -0.129. The zero-order chi connectivity index (χ0) is 7.82. The molecule has 0 saturated carbocycles. The summed E-state index contributed by atoms with van der Waals surface area (Å²) in [5, 5.41) is 0. The van der Waals surface area contributed by atoms with Gasteiger partial charge in [-0.1, -0.05) is 26.7 Å². The van der Waals surface area contributed by atoms with Crippen LogP contribution in [0.5, 0.6) is 0 Å². The first kappa shape index (κ1) is 13.4. The van der Waals surface area contributed by atoms with Gasteiger partial charge in [0, 0.05) is 0 Å². The van der Waals surface area contributed by atoms with Crippen LogP contribution in [0.3, 0.4) is 0 Å². The van der Waals surface area contributed by atoms with Crippen LogP contribution in [-0.4, -0.2) is 13.1 Å². The van der Waals surface area contributed by atoms with E-state index in [-0.39, 0.29) is 12.4 Å². The second kappa shape index (κ2) is 9.76. The minimum Gasteiger partial charge on any atom is -0.468 e. The Labute approximate surface area is 74.7 Å². The lowest BCUT2D eigenvalue weighted by Crippen LogP contribution is -2.04. The van der Waals surface area contributed by atoms with E-state index >= 15 is 0 Å². The molecule has 0 radical (unpaired) electrons. The SMILES string of the molecule is CCCCC(C)COC=O.Cl. The molecule has 0 aliphatic rings. The normalized spacial score (nSPS) is 11.5. The highest BCUT2D eigenvalue weighted by molar-refractivity contribution is 5.85. The lowest BCUT2D eigenvalue weighted by Gasteiger charge is -2.07. The molecule has 1 atom stereocenters. The van der Waals surface area contributed by atoms with Crippen molar-refractivity contribution in [2.24, 2.45) is 5.92 Å². The molecule has 0 aliphatic carbocycles. The second-order valence-corrected chi connectivity index (χ2v) is 2.68. The summed E-state index contributed by atoms with van der Waals surface area (Å²) < 4.78 is 4.61. The molecule has 0 rings (SSSR count). The fourth-order valence-corrected chi connectivity index (χ4v) is 0.839. The predicted molar refractivity (Wildman–Crippen MR) is 48.0 cm³/mol. The highest BCUT2D eigenvalue weighted by atomic mass is 35.5. The van der Waals surface area contributed by atoms with E-state index in [2.05, 4.69) is 18.6 Å². The van der Waals surface area contributed by atoms with Crippen molar-refractivity contribution in [2.45, 2.75) is 33.1 Å². The Morgan fingerprint density at radius 3 is 2.64 bits per heavy atom. The Morgan fingerprint density at radius 2 is 2.18 bits per heavy atom. The molecule has 1 unspecified atom stereocenters. The van der Waals surface area contributed by atoms with E-state index < -0.39 is 0 Å². The maximum absolute atomic E-state index is 9.76. The number of halogens is 1. The monoisotopic (exact) mass is 180 g/mol. The van der Waals surface area contributed by atoms with E-state index in [0.29, 0.717) is 19.0 Å². The van der Waals surface area contributed by atoms with Crippen molar-refractivity contribution in [1.82, 2.24) is 0 Å². The largest absolute Gasteiger partial charge is 0.468 e. The van der Waals surface area contributed by atoms with Gasteiger partial charge in [0.2, 0.25) is 0 Å². The minimum atomic E-state index is 0. The quantitative estimate of drug-likeness (QED) is 0.587. The number of carbonyl (C=O) groups is 1. The van der Waals surface area contributed by atoms with Crippen LogP contribution >= 0.6 is 12.4 Å². The van der Waals surface area contributed by atoms with Crippen molar-refractivity contribution in [3.8, 4) is 0 Å². The Kier molecular flexibility index (Phi) is 11.9. The average Bonchev–Trinajstić information content (AvgIpc) is 1.97. The number of hydrogen-bond acceptors (Lipinski definition) is 2. The Morgan fingerprint density at radius 1 is 1.55 bits per heavy atom. The van der Waals surface area contributed by atoms with Gasteiger partial charge in [0.05, 0.1) is 6.61 Å². The topological polar surface area (TPSA) is 26.3 Å². The molecule has 0 heterocycles. The Bertz CT molecular complexity index is 86.2. The van der Waals surface area contributed by atoms with Gasteiger partial charge in [0.15, 0.2) is 0 Å². The van der Waals surface area contributed by atoms with Crippen molar-refractivity contribution in [2.75, 3.05) is 6.61 Å². The van der Waals surface area contributed by atoms with Gasteiger partial charge in [-0.2, -0.15) is 0 Å². The first-order chi connectivity index (χ1) is 4.81. The van der Waals surface area contributed by atoms with Crippen LogP contribution in [0.25, 0.3) is 0 Å². The highest BCUT2D eigenvalue weighted by Crippen LogP contribution is 2.06. The number of unbranched alkanes of at least 4 members (excludes halogenated alkanes) is 1. The van der Waals surface area contributed by atoms with Gasteiger partial charge in [-0.05, 0) is 12.3 Å². The summed E-state index contributed by atoms with van der Waals surface area (Å²) in [6.45, 7) is 5.35. The summed E-state index contributed by atoms with van der Waals surface area (Å²) in [4.78, 5) is 9.76. The van der Waals surface area contributed by atoms with E-state index in [4.69, 9.17) is 0 Å². The van der Waals surface area contributed by atoms with Crippen molar-refractivity contribution in [1.29, 1.82) is 0 Å². The van der Waals surface area contributed by atoms with Gasteiger partial charge in [-0.15, -0.1) is 12.4 Å². The van der Waals surface area contributed by atoms with Crippen LogP contribution in [-0.2, 0) is 9.53 Å². The lowest BCUT2D eigenvalue weighted by atomic mass is 10.1. The molecule has 3 heteroatoms. The van der Waals surface area contributed by atoms with Gasteiger partial charge in [0.25, 0.3) is 6.47 Å². The summed E-state index contributed by atoms with van der Waals surface area (Å²) in [5.74, 6) is 0.519. The van der Waals surface area contributed by atoms with Crippen molar-refractivity contribution >= 4 is 18.9 Å². The second-order valence-electron chi connectivity index (χ2n) is 2.68. The smallest absolute Gasteiger partial charge is 0.293 e. The van der Waals surface area contributed by atoms with E-state index in [1.807, 2.05) is 0 Å². The van der Waals surface area contributed by atoms with Gasteiger partial charge in [-0.3, -0.25) is 4.79 Å². The summed E-state index contributed by atoms with van der Waals surface area (Å²) in [5.41, 5.74) is 0. The molecule has 0 bridgehead atoms. The molecule has 0 aliphatic heterocycles. The van der Waals surface area contributed by atoms with Gasteiger partial charge in [-0.25, -0.2) is 0 Å². The number of rotatable bonds is 6. The highest BCUT2D eigenvalue weighted by Gasteiger charge is 1.99. The molecule has 0 saturated heterocycles. The average molecular weight is 181 g/mol. The predicted octanol–water partition coefficient (Wildman–Crippen LogP) is 2.41. The number of ether oxygens (including phenoxy) is 1. The standard InChI is InChI=1S/C8H16O2.ClH/c1-3-4-5-8(2)6-10-7-9;/h7-8H,3-6H2,1-2H3;1H. The van der Waals surface area contributed by atoms with Crippen LogP contribution in [0.4, 0.5) is 0 Å². The van der Waals surface area contributed by atoms with E-state index in [1.165, 1.54) is 12.8 Å². The summed E-state index contributed by atoms with van der Waals surface area (Å²) in [7, 11) is 0. The molecule has 2 nitrogen and oxygen atoms in total. The third kappa shape index (κ3) is 9.76. The maximum atomic E-state index is 9.76. The first-order valence-corrected chi connectivity index (χ1v) is 3.86. The van der Waals surface area contributed by atoms with Crippen molar-refractivity contribution in [3.63, 3.8) is 0 Å². The van der Waals surface area contributed by atoms with Crippen LogP contribution in [0.1, 0.15) is 33.1 Å². The zero-order valence-corrected chi connectivity index (χ0v) is 8.02. The fraction of sp³-hybridized carbons (Fsp3) is 0.875. The molecule has 0 fully saturated rings. The van der Waals surface area contributed by atoms with E-state index in [0.717, 1.165) is 6.42 Å². The third-order valence-corrected chi connectivity index (χ3v) is 1.50. The summed E-state index contributed by atoms with van der Waals surface area (Å²) in [6.07, 6.45) is 3.60. The van der Waals surface area contributed by atoms with Gasteiger partial charge < -0.3 is 4.74 Å². The van der Waals surface area contributed by atoms with Crippen molar-refractivity contribution < 1.29 is 9.53 Å². The Balaban J connectivity index is 0. The first-order valence-electron chi connectivity index (χ1n) is 3.86. The molecule has 68 valence electrons. The molecule has 0 amide bonds. The molecule has 0 aromatic carbocycles. The minimum absolute atomic E-state index is 0. The van der Waals surface area contributed by atoms with Crippen molar-refractivity contribution in [3.05, 3.63) is 0 Å². The number of hydrogen-bond donors (Lipinski definition) is 0. The molecular formula is C8H17ClO2. The molecule has 0 spiro atoms. The zero-order valence-electron chi connectivity index (χ0n) is 7.21. The van der Waals surface area contributed by atoms with Crippen LogP contribution in [0.15, 0.2) is 0 Å². The molecule has 11 heavy (non-hydrogen) atoms. The third-order valence-electron chi connectivity index (χ3n) is 1.50. The molecule has 0 aromatic rings. The summed E-state index contributed by atoms with van der Waals surface area (Å²) in [6, 6.07) is 0. The van der Waals surface area contributed by atoms with Gasteiger partial charge in [0.1, 0.15) is 0 Å². The molecule has 0 aromatic heterocycles. The van der Waals surface area contributed by atoms with Crippen LogP contribution < -0.4 is 0 Å². The van der Waals surface area contributed by atoms with E-state index in [1.54, 1.807) is 0 Å². The molecule has 0 N–H and O–H groups in total. The molecular weight excluding hydrogens is 164 g/mol. The number of carbonyl (C=O) groups excluding carboxylic acids is 1. The van der Waals surface area contributed by atoms with Crippen LogP contribution in [0.2, 0.25) is 0 Å². The summed E-state index contributed by atoms with van der Waals surface area (Å²) >= 11 is 0. The van der Waals surface area contributed by atoms with E-state index in [9.17, 15) is 4.79 Å². The fourth-order valence-electron chi connectivity index (χ4n) is 0.839. The van der Waals surface area contributed by atoms with Crippen LogP contribution in [0, 0.1) is 5.92 Å². The maximum Gasteiger partial charge on any atom is 0.293 e.